The Morgan fingerprint density at radius 3 is 1.47 bits per heavy atom. The third kappa shape index (κ3) is 9.07. The SMILES string of the molecule is NC(Cc1ccccc1)C(=O)NNC(=O)C(Cc1ccccc1)NC(=O)NC(Cc1ccccc1)C(=O)O. The first-order valence-electron chi connectivity index (χ1n) is 12.1. The Morgan fingerprint density at radius 1 is 0.605 bits per heavy atom. The highest BCUT2D eigenvalue weighted by atomic mass is 16.4. The molecule has 0 radical (unpaired) electrons. The molecule has 0 aromatic heterocycles. The van der Waals surface area contributed by atoms with Crippen LogP contribution in [-0.4, -0.2) is 47.0 Å². The van der Waals surface area contributed by atoms with E-state index in [1.165, 1.54) is 0 Å². The Balaban J connectivity index is 1.62. The lowest BCUT2D eigenvalue weighted by atomic mass is 10.1. The lowest BCUT2D eigenvalue weighted by Crippen LogP contribution is -2.58. The van der Waals surface area contributed by atoms with Crippen molar-refractivity contribution in [1.29, 1.82) is 0 Å². The van der Waals surface area contributed by atoms with E-state index in [2.05, 4.69) is 21.5 Å². The Morgan fingerprint density at radius 2 is 1.00 bits per heavy atom. The molecule has 7 N–H and O–H groups in total. The van der Waals surface area contributed by atoms with E-state index in [1.54, 1.807) is 54.6 Å². The fourth-order valence-electron chi connectivity index (χ4n) is 3.73. The second kappa shape index (κ2) is 14.1. The molecular formula is C28H31N5O5. The summed E-state index contributed by atoms with van der Waals surface area (Å²) in [5.41, 5.74) is 12.9. The molecular weight excluding hydrogens is 486 g/mol. The van der Waals surface area contributed by atoms with Gasteiger partial charge in [0.2, 0.25) is 0 Å². The maximum absolute atomic E-state index is 13.0. The molecule has 3 aromatic rings. The number of hydrogen-bond acceptors (Lipinski definition) is 5. The third-order valence-electron chi connectivity index (χ3n) is 5.73. The van der Waals surface area contributed by atoms with E-state index in [1.807, 2.05) is 36.4 Å². The minimum absolute atomic E-state index is 0.0640. The zero-order valence-electron chi connectivity index (χ0n) is 20.7. The molecule has 0 aliphatic rings. The van der Waals surface area contributed by atoms with Crippen LogP contribution in [0, 0.1) is 0 Å². The van der Waals surface area contributed by atoms with Crippen molar-refractivity contribution >= 4 is 23.8 Å². The van der Waals surface area contributed by atoms with Gasteiger partial charge in [0.25, 0.3) is 11.8 Å². The van der Waals surface area contributed by atoms with Crippen molar-refractivity contribution in [1.82, 2.24) is 21.5 Å². The highest BCUT2D eigenvalue weighted by Gasteiger charge is 2.26. The molecule has 0 aliphatic heterocycles. The molecule has 3 aromatic carbocycles. The van der Waals surface area contributed by atoms with Crippen molar-refractivity contribution in [3.8, 4) is 0 Å². The molecule has 38 heavy (non-hydrogen) atoms. The van der Waals surface area contributed by atoms with Crippen LogP contribution in [0.1, 0.15) is 16.7 Å². The molecule has 3 unspecified atom stereocenters. The molecule has 3 atom stereocenters. The predicted octanol–water partition coefficient (Wildman–Crippen LogP) is 1.31. The van der Waals surface area contributed by atoms with E-state index in [-0.39, 0.29) is 19.3 Å². The number of nitrogens with two attached hydrogens (primary N) is 1. The summed E-state index contributed by atoms with van der Waals surface area (Å²) in [4.78, 5) is 49.9. The summed E-state index contributed by atoms with van der Waals surface area (Å²) in [6.07, 6.45) is 0.436. The van der Waals surface area contributed by atoms with Crippen LogP contribution < -0.4 is 27.2 Å². The number of rotatable bonds is 11. The zero-order chi connectivity index (χ0) is 27.3. The van der Waals surface area contributed by atoms with Gasteiger partial charge in [-0.25, -0.2) is 9.59 Å². The molecule has 4 amide bonds. The van der Waals surface area contributed by atoms with Crippen LogP contribution >= 0.6 is 0 Å². The largest absolute Gasteiger partial charge is 0.480 e. The van der Waals surface area contributed by atoms with Crippen molar-refractivity contribution in [2.75, 3.05) is 0 Å². The fraction of sp³-hybridized carbons (Fsp3) is 0.214. The minimum atomic E-state index is -1.22. The number of amides is 4. The highest BCUT2D eigenvalue weighted by molar-refractivity contribution is 5.91. The number of carbonyl (C=O) groups excluding carboxylic acids is 3. The molecule has 0 bridgehead atoms. The van der Waals surface area contributed by atoms with Crippen molar-refractivity contribution in [2.24, 2.45) is 5.73 Å². The Kier molecular flexibility index (Phi) is 10.4. The number of hydrogen-bond donors (Lipinski definition) is 6. The van der Waals surface area contributed by atoms with Gasteiger partial charge in [0.05, 0.1) is 6.04 Å². The number of carboxylic acid groups (broad SMARTS) is 1. The summed E-state index contributed by atoms with van der Waals surface area (Å²) in [6, 6.07) is 22.9. The average molecular weight is 518 g/mol. The highest BCUT2D eigenvalue weighted by Crippen LogP contribution is 2.06. The monoisotopic (exact) mass is 517 g/mol. The number of nitrogens with one attached hydrogen (secondary N) is 4. The van der Waals surface area contributed by atoms with E-state index >= 15 is 0 Å². The molecule has 0 aliphatic carbocycles. The van der Waals surface area contributed by atoms with Crippen LogP contribution in [0.5, 0.6) is 0 Å². The van der Waals surface area contributed by atoms with Gasteiger partial charge in [-0.05, 0) is 23.1 Å². The maximum atomic E-state index is 13.0. The van der Waals surface area contributed by atoms with Crippen LogP contribution in [0.3, 0.4) is 0 Å². The summed E-state index contributed by atoms with van der Waals surface area (Å²) in [6.45, 7) is 0. The third-order valence-corrected chi connectivity index (χ3v) is 5.73. The average Bonchev–Trinajstić information content (AvgIpc) is 2.92. The van der Waals surface area contributed by atoms with E-state index in [0.29, 0.717) is 0 Å². The van der Waals surface area contributed by atoms with Crippen LogP contribution in [0.25, 0.3) is 0 Å². The first-order chi connectivity index (χ1) is 18.3. The lowest BCUT2D eigenvalue weighted by Gasteiger charge is -2.22. The van der Waals surface area contributed by atoms with Gasteiger partial charge in [-0.3, -0.25) is 20.4 Å². The second-order valence-corrected chi connectivity index (χ2v) is 8.72. The standard InChI is InChI=1S/C28H31N5O5/c29-22(16-19-10-4-1-5-11-19)25(34)32-33-26(35)23(17-20-12-6-2-7-13-20)30-28(38)31-24(27(36)37)18-21-14-8-3-9-15-21/h1-15,22-24H,16-18,29H2,(H,32,34)(H,33,35)(H,36,37)(H2,30,31,38). The van der Waals surface area contributed by atoms with Crippen molar-refractivity contribution in [3.05, 3.63) is 108 Å². The predicted molar refractivity (Wildman–Crippen MR) is 142 cm³/mol. The zero-order valence-corrected chi connectivity index (χ0v) is 20.7. The molecule has 10 heteroatoms. The first-order valence-corrected chi connectivity index (χ1v) is 12.1. The van der Waals surface area contributed by atoms with Crippen LogP contribution in [0.2, 0.25) is 0 Å². The number of carboxylic acids is 1. The number of hydrazine groups is 1. The minimum Gasteiger partial charge on any atom is -0.480 e. The molecule has 198 valence electrons. The first kappa shape index (κ1) is 27.9. The van der Waals surface area contributed by atoms with Gasteiger partial charge in [0.15, 0.2) is 0 Å². The number of carbonyl (C=O) groups is 4. The Bertz CT molecular complexity index is 1210. The van der Waals surface area contributed by atoms with E-state index in [9.17, 15) is 24.3 Å². The Hall–Kier alpha value is -4.70. The van der Waals surface area contributed by atoms with Crippen molar-refractivity contribution in [2.45, 2.75) is 37.4 Å². The van der Waals surface area contributed by atoms with Crippen LogP contribution in [0.4, 0.5) is 4.79 Å². The van der Waals surface area contributed by atoms with Gasteiger partial charge < -0.3 is 21.5 Å². The normalized spacial score (nSPS) is 12.9. The maximum Gasteiger partial charge on any atom is 0.326 e. The summed E-state index contributed by atoms with van der Waals surface area (Å²) < 4.78 is 0. The number of urea groups is 1. The molecule has 0 spiro atoms. The fourth-order valence-corrected chi connectivity index (χ4v) is 3.73. The molecule has 0 fully saturated rings. The number of aliphatic carboxylic acids is 1. The lowest BCUT2D eigenvalue weighted by molar-refractivity contribution is -0.139. The van der Waals surface area contributed by atoms with E-state index in [4.69, 9.17) is 5.73 Å². The van der Waals surface area contributed by atoms with Crippen molar-refractivity contribution < 1.29 is 24.3 Å². The summed E-state index contributed by atoms with van der Waals surface area (Å²) in [7, 11) is 0. The summed E-state index contributed by atoms with van der Waals surface area (Å²) in [5.74, 6) is -2.51. The molecule has 3 rings (SSSR count). The van der Waals surface area contributed by atoms with Crippen LogP contribution in [-0.2, 0) is 33.6 Å². The van der Waals surface area contributed by atoms with Gasteiger partial charge >= 0.3 is 12.0 Å². The quantitative estimate of drug-likeness (QED) is 0.210. The number of benzene rings is 3. The Labute approximate surface area is 220 Å². The molecule has 10 nitrogen and oxygen atoms in total. The molecule has 0 heterocycles. The van der Waals surface area contributed by atoms with Gasteiger partial charge in [-0.15, -0.1) is 0 Å². The smallest absolute Gasteiger partial charge is 0.326 e. The van der Waals surface area contributed by atoms with E-state index in [0.717, 1.165) is 16.7 Å². The van der Waals surface area contributed by atoms with Crippen molar-refractivity contribution in [3.63, 3.8) is 0 Å². The van der Waals surface area contributed by atoms with Gasteiger partial charge in [0.1, 0.15) is 12.1 Å². The second-order valence-electron chi connectivity index (χ2n) is 8.72. The summed E-state index contributed by atoms with van der Waals surface area (Å²) in [5, 5.41) is 14.5. The van der Waals surface area contributed by atoms with Gasteiger partial charge in [-0.1, -0.05) is 91.0 Å². The molecule has 0 saturated carbocycles. The van der Waals surface area contributed by atoms with Gasteiger partial charge in [0, 0.05) is 12.8 Å². The topological polar surface area (TPSA) is 163 Å². The van der Waals surface area contributed by atoms with E-state index < -0.39 is 41.9 Å². The summed E-state index contributed by atoms with van der Waals surface area (Å²) >= 11 is 0. The molecule has 0 saturated heterocycles. The van der Waals surface area contributed by atoms with Crippen LogP contribution in [0.15, 0.2) is 91.0 Å². The van der Waals surface area contributed by atoms with Gasteiger partial charge in [-0.2, -0.15) is 0 Å².